The van der Waals surface area contributed by atoms with Gasteiger partial charge in [0.1, 0.15) is 22.4 Å². The molecule has 0 amide bonds. The molecule has 0 aliphatic carbocycles. The summed E-state index contributed by atoms with van der Waals surface area (Å²) in [5.74, 6) is -0.0355. The molecule has 6 nitrogen and oxygen atoms in total. The number of rotatable bonds is 5. The first-order valence-corrected chi connectivity index (χ1v) is 11.6. The lowest BCUT2D eigenvalue weighted by molar-refractivity contribution is 0.420. The van der Waals surface area contributed by atoms with Crippen LogP contribution in [0.4, 0.5) is 0 Å². The number of benzene rings is 2. The predicted molar refractivity (Wildman–Crippen MR) is 127 cm³/mol. The van der Waals surface area contributed by atoms with Gasteiger partial charge in [0.2, 0.25) is 0 Å². The third-order valence-electron chi connectivity index (χ3n) is 4.59. The molecule has 9 heteroatoms. The second-order valence-electron chi connectivity index (χ2n) is 7.03. The molecule has 0 bridgehead atoms. The molecule has 0 saturated carbocycles. The third kappa shape index (κ3) is 4.17. The molecule has 0 aliphatic rings. The lowest BCUT2D eigenvalue weighted by Gasteiger charge is -2.16. The van der Waals surface area contributed by atoms with Crippen LogP contribution in [0.2, 0.25) is 5.02 Å². The van der Waals surface area contributed by atoms with Gasteiger partial charge in [0.05, 0.1) is 26.9 Å². The second-order valence-corrected chi connectivity index (χ2v) is 9.44. The summed E-state index contributed by atoms with van der Waals surface area (Å²) in [5.41, 5.74) is 1.22. The summed E-state index contributed by atoms with van der Waals surface area (Å²) in [6, 6.07) is 14.5. The van der Waals surface area contributed by atoms with E-state index < -0.39 is 0 Å². The summed E-state index contributed by atoms with van der Waals surface area (Å²) in [4.78, 5) is 22.0. The maximum atomic E-state index is 13.0. The Balaban J connectivity index is 1.72. The van der Waals surface area contributed by atoms with Gasteiger partial charge >= 0.3 is 0 Å². The molecule has 4 rings (SSSR count). The minimum atomic E-state index is -0.172. The molecule has 0 unspecified atom stereocenters. The highest BCUT2D eigenvalue weighted by molar-refractivity contribution is 7.99. The molecule has 1 N–H and O–H groups in total. The number of aliphatic hydroxyl groups excluding tert-OH is 1. The van der Waals surface area contributed by atoms with Gasteiger partial charge in [-0.2, -0.15) is 5.26 Å². The van der Waals surface area contributed by atoms with Crippen LogP contribution in [-0.4, -0.2) is 25.4 Å². The summed E-state index contributed by atoms with van der Waals surface area (Å²) < 4.78 is 2.52. The van der Waals surface area contributed by atoms with Crippen LogP contribution in [0.25, 0.3) is 26.7 Å². The number of fused-ring (bicyclic) bond motifs is 2. The van der Waals surface area contributed by atoms with Crippen molar-refractivity contribution in [3.05, 3.63) is 68.6 Å². The smallest absolute Gasteiger partial charge is 0.262 e. The van der Waals surface area contributed by atoms with Gasteiger partial charge in [0.15, 0.2) is 5.16 Å². The van der Waals surface area contributed by atoms with Crippen LogP contribution in [0.5, 0.6) is 0 Å². The molecular formula is C22H17ClN4O2S2. The fourth-order valence-electron chi connectivity index (χ4n) is 3.13. The number of hydrogen-bond acceptors (Lipinski definition) is 7. The van der Waals surface area contributed by atoms with Gasteiger partial charge in [-0.1, -0.05) is 35.5 Å². The first kappa shape index (κ1) is 21.4. The van der Waals surface area contributed by atoms with Crippen molar-refractivity contribution in [2.45, 2.75) is 25.0 Å². The van der Waals surface area contributed by atoms with Crippen molar-refractivity contribution in [2.24, 2.45) is 0 Å². The molecule has 0 spiro atoms. The van der Waals surface area contributed by atoms with Gasteiger partial charge in [0.25, 0.3) is 5.56 Å². The van der Waals surface area contributed by atoms with Crippen LogP contribution in [-0.2, 0) is 0 Å². The summed E-state index contributed by atoms with van der Waals surface area (Å²) >= 11 is 8.61. The van der Waals surface area contributed by atoms with Crippen LogP contribution in [0.15, 0.2) is 58.2 Å². The zero-order valence-electron chi connectivity index (χ0n) is 16.7. The van der Waals surface area contributed by atoms with Gasteiger partial charge in [-0.15, -0.1) is 11.3 Å². The second kappa shape index (κ2) is 8.71. The van der Waals surface area contributed by atoms with E-state index in [0.717, 1.165) is 10.2 Å². The normalized spacial score (nSPS) is 12.4. The van der Waals surface area contributed by atoms with Crippen LogP contribution < -0.4 is 5.56 Å². The van der Waals surface area contributed by atoms with Crippen molar-refractivity contribution in [3.8, 4) is 6.07 Å². The van der Waals surface area contributed by atoms with E-state index in [0.29, 0.717) is 26.1 Å². The van der Waals surface area contributed by atoms with Crippen LogP contribution >= 0.6 is 34.7 Å². The van der Waals surface area contributed by atoms with Gasteiger partial charge in [0, 0.05) is 11.1 Å². The number of hydrogen-bond donors (Lipinski definition) is 1. The maximum absolute atomic E-state index is 13.0. The van der Waals surface area contributed by atoms with E-state index >= 15 is 0 Å². The zero-order chi connectivity index (χ0) is 22.1. The summed E-state index contributed by atoms with van der Waals surface area (Å²) in [7, 11) is 0. The molecule has 4 aromatic rings. The number of thiazole rings is 1. The van der Waals surface area contributed by atoms with Crippen LogP contribution in [0, 0.1) is 11.3 Å². The molecule has 0 radical (unpaired) electrons. The number of nitriles is 1. The summed E-state index contributed by atoms with van der Waals surface area (Å²) in [6.07, 6.45) is 0. The van der Waals surface area contributed by atoms with Gasteiger partial charge < -0.3 is 5.11 Å². The monoisotopic (exact) mass is 468 g/mol. The molecule has 156 valence electrons. The number of thioether (sulfide) groups is 1. The molecule has 2 aromatic heterocycles. The van der Waals surface area contributed by atoms with E-state index in [1.165, 1.54) is 23.1 Å². The van der Waals surface area contributed by atoms with Crippen molar-refractivity contribution >= 4 is 61.4 Å². The Bertz CT molecular complexity index is 1400. The minimum absolute atomic E-state index is 0.0735. The molecule has 2 heterocycles. The summed E-state index contributed by atoms with van der Waals surface area (Å²) in [6.45, 7) is 3.79. The largest absolute Gasteiger partial charge is 0.510 e. The maximum Gasteiger partial charge on any atom is 0.262 e. The Morgan fingerprint density at radius 1 is 1.26 bits per heavy atom. The topological polar surface area (TPSA) is 91.8 Å². The fraction of sp³-hybridized carbons (Fsp3) is 0.182. The van der Waals surface area contributed by atoms with E-state index in [1.54, 1.807) is 22.8 Å². The molecule has 0 atom stereocenters. The zero-order valence-corrected chi connectivity index (χ0v) is 19.1. The minimum Gasteiger partial charge on any atom is -0.510 e. The van der Waals surface area contributed by atoms with Gasteiger partial charge in [-0.05, 0) is 44.2 Å². The Labute approximate surface area is 191 Å². The number of para-hydroxylation sites is 1. The van der Waals surface area contributed by atoms with E-state index in [1.807, 2.05) is 38.1 Å². The van der Waals surface area contributed by atoms with E-state index in [2.05, 4.69) is 16.0 Å². The van der Waals surface area contributed by atoms with Crippen molar-refractivity contribution in [1.29, 1.82) is 5.26 Å². The first-order chi connectivity index (χ1) is 14.9. The molecular weight excluding hydrogens is 452 g/mol. The van der Waals surface area contributed by atoms with Crippen LogP contribution in [0.1, 0.15) is 24.9 Å². The van der Waals surface area contributed by atoms with Crippen molar-refractivity contribution in [3.63, 3.8) is 0 Å². The fourth-order valence-corrected chi connectivity index (χ4v) is 5.28. The Hall–Kier alpha value is -2.86. The van der Waals surface area contributed by atoms with E-state index in [4.69, 9.17) is 11.6 Å². The van der Waals surface area contributed by atoms with Crippen LogP contribution in [0.3, 0.4) is 0 Å². The Kier molecular flexibility index (Phi) is 6.01. The lowest BCUT2D eigenvalue weighted by atomic mass is 10.2. The molecule has 0 fully saturated rings. The lowest BCUT2D eigenvalue weighted by Crippen LogP contribution is -2.25. The average molecular weight is 469 g/mol. The van der Waals surface area contributed by atoms with Crippen molar-refractivity contribution in [1.82, 2.24) is 14.5 Å². The van der Waals surface area contributed by atoms with Crippen molar-refractivity contribution in [2.75, 3.05) is 5.75 Å². The SMILES string of the molecule is CC(C)n1c(SC/C(O)=C(\C#N)c2nc3ccccc3s2)nc2cc(Cl)ccc2c1=O. The number of aromatic nitrogens is 3. The van der Waals surface area contributed by atoms with E-state index in [9.17, 15) is 15.2 Å². The van der Waals surface area contributed by atoms with Crippen molar-refractivity contribution < 1.29 is 5.11 Å². The standard InChI is InChI=1S/C22H17ClN4O2S2/c1-12(2)27-21(29)14-8-7-13(23)9-17(14)26-22(27)30-11-18(28)15(10-24)20-25-16-5-3-4-6-19(16)31-20/h3-9,12,28H,11H2,1-2H3/b18-15-. The number of allylic oxidation sites excluding steroid dienone is 1. The molecule has 0 saturated heterocycles. The molecule has 0 aliphatic heterocycles. The van der Waals surface area contributed by atoms with E-state index in [-0.39, 0.29) is 28.7 Å². The molecule has 2 aromatic carbocycles. The Morgan fingerprint density at radius 3 is 2.74 bits per heavy atom. The Morgan fingerprint density at radius 2 is 2.03 bits per heavy atom. The molecule has 31 heavy (non-hydrogen) atoms. The quantitative estimate of drug-likeness (QED) is 0.171. The first-order valence-electron chi connectivity index (χ1n) is 9.41. The number of aliphatic hydroxyl groups is 1. The van der Waals surface area contributed by atoms with Gasteiger partial charge in [-0.25, -0.2) is 9.97 Å². The number of halogens is 1. The third-order valence-corrected chi connectivity index (χ3v) is 6.85. The highest BCUT2D eigenvalue weighted by Crippen LogP contribution is 2.30. The average Bonchev–Trinajstić information content (AvgIpc) is 3.15. The highest BCUT2D eigenvalue weighted by atomic mass is 35.5. The number of nitrogens with zero attached hydrogens (tertiary/aromatic N) is 4. The van der Waals surface area contributed by atoms with Gasteiger partial charge in [-0.3, -0.25) is 9.36 Å². The highest BCUT2D eigenvalue weighted by Gasteiger charge is 2.18. The predicted octanol–water partition coefficient (Wildman–Crippen LogP) is 5.83. The summed E-state index contributed by atoms with van der Waals surface area (Å²) in [5, 5.41) is 22.2.